The summed E-state index contributed by atoms with van der Waals surface area (Å²) >= 11 is 0. The Morgan fingerprint density at radius 2 is 2.21 bits per heavy atom. The Morgan fingerprint density at radius 3 is 3.07 bits per heavy atom. The molecular formula is C21H26N6O2. The Morgan fingerprint density at radius 1 is 1.31 bits per heavy atom. The lowest BCUT2D eigenvalue weighted by Crippen LogP contribution is -2.41. The molecule has 0 saturated carbocycles. The first-order chi connectivity index (χ1) is 14.2. The van der Waals surface area contributed by atoms with E-state index < -0.39 is 0 Å². The predicted octanol–water partition coefficient (Wildman–Crippen LogP) is 2.33. The molecule has 3 heterocycles. The quantitative estimate of drug-likeness (QED) is 0.639. The van der Waals surface area contributed by atoms with Crippen LogP contribution in [0, 0.1) is 5.92 Å². The van der Waals surface area contributed by atoms with Crippen molar-refractivity contribution in [1.82, 2.24) is 25.3 Å². The summed E-state index contributed by atoms with van der Waals surface area (Å²) in [5.74, 6) is 2.54. The van der Waals surface area contributed by atoms with Gasteiger partial charge in [0.1, 0.15) is 5.82 Å². The van der Waals surface area contributed by atoms with Crippen LogP contribution in [0.5, 0.6) is 5.88 Å². The number of piperidine rings is 1. The lowest BCUT2D eigenvalue weighted by Gasteiger charge is -2.32. The van der Waals surface area contributed by atoms with Crippen molar-refractivity contribution in [3.05, 3.63) is 42.4 Å². The summed E-state index contributed by atoms with van der Waals surface area (Å²) in [5.41, 5.74) is 1.94. The van der Waals surface area contributed by atoms with E-state index >= 15 is 0 Å². The highest BCUT2D eigenvalue weighted by Gasteiger charge is 2.22. The van der Waals surface area contributed by atoms with Crippen molar-refractivity contribution in [2.45, 2.75) is 25.7 Å². The topological polar surface area (TPSA) is 96.0 Å². The van der Waals surface area contributed by atoms with Crippen LogP contribution in [0.25, 0.3) is 11.0 Å². The summed E-state index contributed by atoms with van der Waals surface area (Å²) in [5, 5.41) is 3.08. The summed E-state index contributed by atoms with van der Waals surface area (Å²) in [6.07, 6.45) is 4.89. The number of ether oxygens (including phenoxy) is 1. The molecule has 1 aromatic carbocycles. The van der Waals surface area contributed by atoms with Crippen molar-refractivity contribution in [3.63, 3.8) is 0 Å². The number of hydrogen-bond donors (Lipinski definition) is 2. The third-order valence-electron chi connectivity index (χ3n) is 5.24. The van der Waals surface area contributed by atoms with Crippen molar-refractivity contribution in [2.75, 3.05) is 31.6 Å². The van der Waals surface area contributed by atoms with E-state index in [1.165, 1.54) is 0 Å². The zero-order chi connectivity index (χ0) is 20.1. The minimum Gasteiger partial charge on any atom is -0.481 e. The first kappa shape index (κ1) is 19.2. The number of H-pyrrole nitrogens is 1. The lowest BCUT2D eigenvalue weighted by atomic mass is 9.98. The van der Waals surface area contributed by atoms with E-state index in [0.29, 0.717) is 37.1 Å². The number of hydrogen-bond acceptors (Lipinski definition) is 6. The number of benzene rings is 1. The van der Waals surface area contributed by atoms with Crippen molar-refractivity contribution >= 4 is 22.9 Å². The number of aromatic nitrogens is 4. The number of carbonyl (C=O) groups excluding carboxylic acids is 1. The van der Waals surface area contributed by atoms with Gasteiger partial charge in [-0.3, -0.25) is 4.79 Å². The second-order valence-electron chi connectivity index (χ2n) is 7.36. The van der Waals surface area contributed by atoms with Gasteiger partial charge in [-0.25, -0.2) is 9.97 Å². The van der Waals surface area contributed by atoms with E-state index in [9.17, 15) is 4.79 Å². The van der Waals surface area contributed by atoms with Crippen LogP contribution in [-0.2, 0) is 11.2 Å². The van der Waals surface area contributed by atoms with Gasteiger partial charge in [0, 0.05) is 44.7 Å². The maximum atomic E-state index is 12.3. The Bertz CT molecular complexity index is 939. The highest BCUT2D eigenvalue weighted by atomic mass is 16.5. The molecule has 152 valence electrons. The number of carbonyl (C=O) groups is 1. The molecule has 2 N–H and O–H groups in total. The molecule has 1 aliphatic heterocycles. The Hall–Kier alpha value is -3.16. The molecule has 0 bridgehead atoms. The molecule has 4 rings (SSSR count). The van der Waals surface area contributed by atoms with Crippen LogP contribution in [0.1, 0.15) is 25.1 Å². The number of methoxy groups -OCH3 is 1. The van der Waals surface area contributed by atoms with Crippen LogP contribution in [0.3, 0.4) is 0 Å². The number of fused-ring (bicyclic) bond motifs is 1. The fourth-order valence-electron chi connectivity index (χ4n) is 3.71. The van der Waals surface area contributed by atoms with E-state index in [2.05, 4.69) is 30.2 Å². The standard InChI is InChI=1S/C21H26N6O2/c1-29-20-10-11-22-21(26-20)27-12-4-5-15(14-27)13-23-19(28)9-8-18-24-16-6-2-3-7-17(16)25-18/h2-3,6-7,10-11,15H,4-5,8-9,12-14H2,1H3,(H,23,28)(H,24,25). The number of aryl methyl sites for hydroxylation is 1. The SMILES string of the molecule is COc1ccnc(N2CCCC(CNC(=O)CCc3nc4ccccc4[nH]3)C2)n1. The van der Waals surface area contributed by atoms with Crippen LogP contribution in [0.2, 0.25) is 0 Å². The molecule has 3 aromatic rings. The van der Waals surface area contributed by atoms with E-state index in [4.69, 9.17) is 4.74 Å². The summed E-state index contributed by atoms with van der Waals surface area (Å²) in [4.78, 5) is 31.0. The first-order valence-electron chi connectivity index (χ1n) is 10.0. The van der Waals surface area contributed by atoms with E-state index in [1.807, 2.05) is 24.3 Å². The fraction of sp³-hybridized carbons (Fsp3) is 0.429. The molecule has 0 aliphatic carbocycles. The molecule has 1 atom stereocenters. The zero-order valence-electron chi connectivity index (χ0n) is 16.6. The number of para-hydroxylation sites is 2. The number of nitrogens with one attached hydrogen (secondary N) is 2. The van der Waals surface area contributed by atoms with Gasteiger partial charge in [0.05, 0.1) is 18.1 Å². The predicted molar refractivity (Wildman–Crippen MR) is 111 cm³/mol. The van der Waals surface area contributed by atoms with Crippen LogP contribution in [0.4, 0.5) is 5.95 Å². The molecule has 1 unspecified atom stereocenters. The van der Waals surface area contributed by atoms with Crippen LogP contribution < -0.4 is 15.0 Å². The van der Waals surface area contributed by atoms with Crippen LogP contribution >= 0.6 is 0 Å². The lowest BCUT2D eigenvalue weighted by molar-refractivity contribution is -0.121. The smallest absolute Gasteiger partial charge is 0.228 e. The van der Waals surface area contributed by atoms with E-state index in [-0.39, 0.29) is 5.91 Å². The molecule has 8 nitrogen and oxygen atoms in total. The molecule has 0 spiro atoms. The monoisotopic (exact) mass is 394 g/mol. The van der Waals surface area contributed by atoms with Crippen LogP contribution in [0.15, 0.2) is 36.5 Å². The number of amides is 1. The Kier molecular flexibility index (Phi) is 5.88. The minimum absolute atomic E-state index is 0.0557. The van der Waals surface area contributed by atoms with Gasteiger partial charge in [0.2, 0.25) is 17.7 Å². The van der Waals surface area contributed by atoms with Gasteiger partial charge < -0.3 is 19.9 Å². The van der Waals surface area contributed by atoms with Gasteiger partial charge in [-0.15, -0.1) is 0 Å². The molecule has 1 fully saturated rings. The molecule has 1 aliphatic rings. The molecular weight excluding hydrogens is 368 g/mol. The largest absolute Gasteiger partial charge is 0.481 e. The zero-order valence-corrected chi connectivity index (χ0v) is 16.6. The average molecular weight is 394 g/mol. The molecule has 0 radical (unpaired) electrons. The molecule has 8 heteroatoms. The highest BCUT2D eigenvalue weighted by Crippen LogP contribution is 2.21. The summed E-state index contributed by atoms with van der Waals surface area (Å²) in [6.45, 7) is 2.42. The fourth-order valence-corrected chi connectivity index (χ4v) is 3.71. The number of rotatable bonds is 7. The third-order valence-corrected chi connectivity index (χ3v) is 5.24. The molecule has 1 amide bonds. The maximum absolute atomic E-state index is 12.3. The average Bonchev–Trinajstić information content (AvgIpc) is 3.19. The molecule has 2 aromatic heterocycles. The van der Waals surface area contributed by atoms with Crippen molar-refractivity contribution in [1.29, 1.82) is 0 Å². The van der Waals surface area contributed by atoms with E-state index in [1.54, 1.807) is 19.4 Å². The normalized spacial score (nSPS) is 16.7. The van der Waals surface area contributed by atoms with Crippen molar-refractivity contribution in [3.8, 4) is 5.88 Å². The number of nitrogens with zero attached hydrogens (tertiary/aromatic N) is 4. The van der Waals surface area contributed by atoms with Gasteiger partial charge in [-0.1, -0.05) is 12.1 Å². The highest BCUT2D eigenvalue weighted by molar-refractivity contribution is 5.77. The Labute approximate surface area is 169 Å². The summed E-state index contributed by atoms with van der Waals surface area (Å²) < 4.78 is 5.19. The number of anilines is 1. The van der Waals surface area contributed by atoms with Gasteiger partial charge in [0.25, 0.3) is 0 Å². The third kappa shape index (κ3) is 4.82. The summed E-state index contributed by atoms with van der Waals surface area (Å²) in [6, 6.07) is 9.64. The van der Waals surface area contributed by atoms with Gasteiger partial charge >= 0.3 is 0 Å². The summed E-state index contributed by atoms with van der Waals surface area (Å²) in [7, 11) is 1.60. The van der Waals surface area contributed by atoms with Gasteiger partial charge in [-0.2, -0.15) is 4.98 Å². The molecule has 29 heavy (non-hydrogen) atoms. The first-order valence-corrected chi connectivity index (χ1v) is 10.0. The molecule has 1 saturated heterocycles. The Balaban J connectivity index is 1.25. The second kappa shape index (κ2) is 8.89. The van der Waals surface area contributed by atoms with Gasteiger partial charge in [-0.05, 0) is 30.9 Å². The van der Waals surface area contributed by atoms with E-state index in [0.717, 1.165) is 42.8 Å². The van der Waals surface area contributed by atoms with Gasteiger partial charge in [0.15, 0.2) is 0 Å². The maximum Gasteiger partial charge on any atom is 0.228 e. The number of aromatic amines is 1. The van der Waals surface area contributed by atoms with Crippen molar-refractivity contribution in [2.24, 2.45) is 5.92 Å². The van der Waals surface area contributed by atoms with Crippen LogP contribution in [-0.4, -0.2) is 52.6 Å². The number of imidazole rings is 1. The minimum atomic E-state index is 0.0557. The van der Waals surface area contributed by atoms with Crippen molar-refractivity contribution < 1.29 is 9.53 Å². The second-order valence-corrected chi connectivity index (χ2v) is 7.36.